The van der Waals surface area contributed by atoms with Crippen LogP contribution in [0.4, 0.5) is 0 Å². The molecule has 208 valence electrons. The van der Waals surface area contributed by atoms with E-state index in [4.69, 9.17) is 0 Å². The molecule has 4 heterocycles. The molecule has 2 atom stereocenters. The van der Waals surface area contributed by atoms with Crippen molar-refractivity contribution < 1.29 is 14.4 Å². The third-order valence-electron chi connectivity index (χ3n) is 8.96. The van der Waals surface area contributed by atoms with Crippen LogP contribution >= 0.6 is 0 Å². The molecule has 0 radical (unpaired) electrons. The van der Waals surface area contributed by atoms with Gasteiger partial charge < -0.3 is 14.8 Å². The van der Waals surface area contributed by atoms with Gasteiger partial charge >= 0.3 is 0 Å². The molecule has 3 amide bonds. The van der Waals surface area contributed by atoms with Gasteiger partial charge in [-0.15, -0.1) is 0 Å². The molecule has 0 bridgehead atoms. The van der Waals surface area contributed by atoms with Crippen molar-refractivity contribution >= 4 is 17.7 Å². The number of amides is 3. The van der Waals surface area contributed by atoms with Gasteiger partial charge in [-0.25, -0.2) is 0 Å². The number of fused-ring (bicyclic) bond motifs is 1. The molecule has 1 aromatic heterocycles. The molecule has 6 rings (SSSR count). The molecule has 2 aromatic rings. The first-order valence-corrected chi connectivity index (χ1v) is 14.6. The quantitative estimate of drug-likeness (QED) is 0.304. The highest BCUT2D eigenvalue weighted by molar-refractivity contribution is 6.05. The standard InChI is InChI=1S/C32H36N4O4/c37-28-12-11-27(30(39)34-28)36-21-26-22(9-7-10-25(26)31(36)40)8-5-3-1-2-4-6-16-35-17-13-23(18-29(35)38)24-19-32(14-15-32)33-20-24/h7,9-10,13,17-18,24,27,33H,1-4,6,11-12,14-16,19-21H2,(H,34,37,39)/t24-,27?/m0/s1. The fourth-order valence-electron chi connectivity index (χ4n) is 6.39. The number of piperidine rings is 1. The van der Waals surface area contributed by atoms with Gasteiger partial charge in [0.05, 0.1) is 0 Å². The Morgan fingerprint density at radius 3 is 2.65 bits per heavy atom. The predicted octanol–water partition coefficient (Wildman–Crippen LogP) is 3.22. The van der Waals surface area contributed by atoms with E-state index in [0.717, 1.165) is 62.7 Å². The monoisotopic (exact) mass is 540 g/mol. The number of pyridine rings is 1. The lowest BCUT2D eigenvalue weighted by molar-refractivity contribution is -0.136. The number of benzene rings is 1. The molecule has 40 heavy (non-hydrogen) atoms. The van der Waals surface area contributed by atoms with Gasteiger partial charge in [0.2, 0.25) is 11.8 Å². The highest BCUT2D eigenvalue weighted by atomic mass is 16.2. The number of hydrogen-bond donors (Lipinski definition) is 2. The SMILES string of the molecule is O=C1CCC(N2Cc3c(C#CCCCCCCn4ccc([C@@H]5CNC6(CC6)C5)cc4=O)cccc3C2=O)C(=O)N1. The van der Waals surface area contributed by atoms with E-state index in [9.17, 15) is 19.2 Å². The molecule has 1 aromatic carbocycles. The van der Waals surface area contributed by atoms with E-state index in [2.05, 4.69) is 28.5 Å². The van der Waals surface area contributed by atoms with E-state index in [1.807, 2.05) is 29.0 Å². The Morgan fingerprint density at radius 2 is 1.88 bits per heavy atom. The highest BCUT2D eigenvalue weighted by Crippen LogP contribution is 2.47. The maximum absolute atomic E-state index is 13.0. The summed E-state index contributed by atoms with van der Waals surface area (Å²) < 4.78 is 1.83. The molecule has 1 unspecified atom stereocenters. The van der Waals surface area contributed by atoms with Crippen molar-refractivity contribution in [3.05, 3.63) is 69.1 Å². The van der Waals surface area contributed by atoms with Gasteiger partial charge in [0.15, 0.2) is 0 Å². The van der Waals surface area contributed by atoms with Gasteiger partial charge in [-0.1, -0.05) is 30.7 Å². The van der Waals surface area contributed by atoms with Gasteiger partial charge in [0.1, 0.15) is 6.04 Å². The fraction of sp³-hybridized carbons (Fsp3) is 0.500. The highest BCUT2D eigenvalue weighted by Gasteiger charge is 2.48. The van der Waals surface area contributed by atoms with Gasteiger partial charge in [0, 0.05) is 61.4 Å². The van der Waals surface area contributed by atoms with Gasteiger partial charge in [0.25, 0.3) is 11.5 Å². The number of carbonyl (C=O) groups is 3. The second-order valence-electron chi connectivity index (χ2n) is 11.8. The zero-order chi connectivity index (χ0) is 27.7. The Hall–Kier alpha value is -3.70. The van der Waals surface area contributed by atoms with Crippen LogP contribution in [0, 0.1) is 11.8 Å². The van der Waals surface area contributed by atoms with E-state index >= 15 is 0 Å². The number of unbranched alkanes of at least 4 members (excludes halogenated alkanes) is 4. The molecule has 8 nitrogen and oxygen atoms in total. The normalized spacial score (nSPS) is 22.7. The van der Waals surface area contributed by atoms with E-state index < -0.39 is 11.9 Å². The third kappa shape index (κ3) is 5.48. The van der Waals surface area contributed by atoms with Crippen LogP contribution in [-0.4, -0.2) is 45.3 Å². The third-order valence-corrected chi connectivity index (χ3v) is 8.96. The fourth-order valence-corrected chi connectivity index (χ4v) is 6.39. The van der Waals surface area contributed by atoms with Crippen LogP contribution in [0.25, 0.3) is 0 Å². The number of carbonyl (C=O) groups excluding carboxylic acids is 3. The first-order chi connectivity index (χ1) is 19.4. The van der Waals surface area contributed by atoms with E-state index in [-0.39, 0.29) is 23.8 Å². The second kappa shape index (κ2) is 11.1. The van der Waals surface area contributed by atoms with Crippen LogP contribution in [0.15, 0.2) is 41.3 Å². The molecule has 3 fully saturated rings. The minimum atomic E-state index is -0.619. The van der Waals surface area contributed by atoms with Crippen LogP contribution in [0.3, 0.4) is 0 Å². The lowest BCUT2D eigenvalue weighted by Gasteiger charge is -2.29. The minimum absolute atomic E-state index is 0.102. The van der Waals surface area contributed by atoms with Crippen molar-refractivity contribution in [3.8, 4) is 11.8 Å². The van der Waals surface area contributed by atoms with Crippen LogP contribution in [0.2, 0.25) is 0 Å². The zero-order valence-electron chi connectivity index (χ0n) is 22.8. The van der Waals surface area contributed by atoms with Gasteiger partial charge in [-0.05, 0) is 73.8 Å². The summed E-state index contributed by atoms with van der Waals surface area (Å²) in [5.41, 5.74) is 3.93. The maximum atomic E-state index is 13.0. The molecule has 2 N–H and O–H groups in total. The van der Waals surface area contributed by atoms with Crippen LogP contribution in [0.1, 0.15) is 97.2 Å². The van der Waals surface area contributed by atoms with Crippen molar-refractivity contribution in [1.82, 2.24) is 20.1 Å². The Morgan fingerprint density at radius 1 is 1.02 bits per heavy atom. The van der Waals surface area contributed by atoms with E-state index in [0.29, 0.717) is 30.0 Å². The Balaban J connectivity index is 0.946. The average Bonchev–Trinajstić information content (AvgIpc) is 3.44. The Kier molecular flexibility index (Phi) is 7.33. The molecule has 3 aliphatic heterocycles. The van der Waals surface area contributed by atoms with Gasteiger partial charge in [-0.3, -0.25) is 24.5 Å². The Labute approximate surface area is 234 Å². The molecular formula is C32H36N4O4. The molecule has 8 heteroatoms. The topological polar surface area (TPSA) is 101 Å². The summed E-state index contributed by atoms with van der Waals surface area (Å²) in [5.74, 6) is 6.08. The minimum Gasteiger partial charge on any atom is -0.322 e. The summed E-state index contributed by atoms with van der Waals surface area (Å²) in [6.07, 6.45) is 11.1. The zero-order valence-corrected chi connectivity index (χ0v) is 22.8. The summed E-state index contributed by atoms with van der Waals surface area (Å²) in [7, 11) is 0. The van der Waals surface area contributed by atoms with Crippen LogP contribution < -0.4 is 16.2 Å². The van der Waals surface area contributed by atoms with Crippen molar-refractivity contribution in [3.63, 3.8) is 0 Å². The maximum Gasteiger partial charge on any atom is 0.255 e. The van der Waals surface area contributed by atoms with Crippen LogP contribution in [-0.2, 0) is 22.7 Å². The summed E-state index contributed by atoms with van der Waals surface area (Å²) in [4.78, 5) is 50.9. The number of nitrogens with one attached hydrogen (secondary N) is 2. The number of aryl methyl sites for hydroxylation is 1. The molecular weight excluding hydrogens is 504 g/mol. The molecule has 2 saturated heterocycles. The summed E-state index contributed by atoms with van der Waals surface area (Å²) >= 11 is 0. The van der Waals surface area contributed by atoms with Crippen molar-refractivity contribution in [2.45, 2.75) is 94.8 Å². The first kappa shape index (κ1) is 26.5. The predicted molar refractivity (Wildman–Crippen MR) is 150 cm³/mol. The number of aromatic nitrogens is 1. The second-order valence-corrected chi connectivity index (χ2v) is 11.8. The lowest BCUT2D eigenvalue weighted by Crippen LogP contribution is -2.52. The molecule has 1 saturated carbocycles. The molecule has 1 aliphatic carbocycles. The first-order valence-electron chi connectivity index (χ1n) is 14.6. The smallest absolute Gasteiger partial charge is 0.255 e. The lowest BCUT2D eigenvalue weighted by atomic mass is 9.96. The van der Waals surface area contributed by atoms with Gasteiger partial charge in [-0.2, -0.15) is 0 Å². The van der Waals surface area contributed by atoms with Crippen molar-refractivity contribution in [2.24, 2.45) is 0 Å². The number of hydrogen-bond acceptors (Lipinski definition) is 5. The van der Waals surface area contributed by atoms with Crippen LogP contribution in [0.5, 0.6) is 0 Å². The largest absolute Gasteiger partial charge is 0.322 e. The molecule has 1 spiro atoms. The Bertz CT molecular complexity index is 1460. The van der Waals surface area contributed by atoms with Crippen molar-refractivity contribution in [2.75, 3.05) is 6.54 Å². The number of nitrogens with zero attached hydrogens (tertiary/aromatic N) is 2. The summed E-state index contributed by atoms with van der Waals surface area (Å²) in [5, 5.41) is 5.98. The van der Waals surface area contributed by atoms with E-state index in [1.165, 1.54) is 18.4 Å². The summed E-state index contributed by atoms with van der Waals surface area (Å²) in [6.45, 7) is 2.06. The summed E-state index contributed by atoms with van der Waals surface area (Å²) in [6, 6.07) is 8.87. The number of imide groups is 1. The average molecular weight is 541 g/mol. The molecule has 4 aliphatic rings. The van der Waals surface area contributed by atoms with Crippen molar-refractivity contribution in [1.29, 1.82) is 0 Å². The number of rotatable bonds is 8. The van der Waals surface area contributed by atoms with E-state index in [1.54, 1.807) is 11.0 Å².